The molecule has 0 bridgehead atoms. The van der Waals surface area contributed by atoms with Gasteiger partial charge in [-0.15, -0.1) is 0 Å². The number of benzene rings is 3. The molecule has 0 saturated carbocycles. The first kappa shape index (κ1) is 17.6. The summed E-state index contributed by atoms with van der Waals surface area (Å²) in [5.41, 5.74) is 7.73. The molecule has 0 aliphatic heterocycles. The van der Waals surface area contributed by atoms with E-state index in [2.05, 4.69) is 59.5 Å². The maximum Gasteiger partial charge on any atom is 0.0991 e. The van der Waals surface area contributed by atoms with Crippen molar-refractivity contribution in [3.05, 3.63) is 120 Å². The van der Waals surface area contributed by atoms with Crippen molar-refractivity contribution in [2.24, 2.45) is 0 Å². The summed E-state index contributed by atoms with van der Waals surface area (Å²) in [6, 6.07) is 26.8. The van der Waals surface area contributed by atoms with E-state index in [9.17, 15) is 5.26 Å². The van der Waals surface area contributed by atoms with Crippen LogP contribution in [0.15, 0.2) is 103 Å². The average Bonchev–Trinajstić information content (AvgIpc) is 3.07. The van der Waals surface area contributed by atoms with Crippen LogP contribution in [-0.4, -0.2) is 7.05 Å². The third-order valence-corrected chi connectivity index (χ3v) is 4.90. The largest absolute Gasteiger partial charge is 0.351 e. The van der Waals surface area contributed by atoms with Crippen LogP contribution in [0.2, 0.25) is 0 Å². The van der Waals surface area contributed by atoms with Gasteiger partial charge in [0.05, 0.1) is 11.6 Å². The molecule has 0 radical (unpaired) electrons. The zero-order valence-corrected chi connectivity index (χ0v) is 15.7. The van der Waals surface area contributed by atoms with Crippen molar-refractivity contribution in [1.29, 1.82) is 5.26 Å². The summed E-state index contributed by atoms with van der Waals surface area (Å²) in [6.45, 7) is 0. The highest BCUT2D eigenvalue weighted by molar-refractivity contribution is 6.01. The number of nitrogens with zero attached hydrogens (tertiary/aromatic N) is 2. The molecule has 1 aliphatic carbocycles. The lowest BCUT2D eigenvalue weighted by molar-refractivity contribution is 1.20. The Balaban J connectivity index is 1.60. The number of anilines is 1. The van der Waals surface area contributed by atoms with Gasteiger partial charge in [-0.3, -0.25) is 0 Å². The number of rotatable bonds is 4. The molecule has 134 valence electrons. The number of hydrogen-bond acceptors (Lipinski definition) is 2. The fourth-order valence-electron chi connectivity index (χ4n) is 3.49. The molecule has 0 heterocycles. The van der Waals surface area contributed by atoms with E-state index < -0.39 is 0 Å². The van der Waals surface area contributed by atoms with Crippen LogP contribution < -0.4 is 4.90 Å². The Morgan fingerprint density at radius 1 is 0.750 bits per heavy atom. The summed E-state index contributed by atoms with van der Waals surface area (Å²) in [5, 5.41) is 9.27. The van der Waals surface area contributed by atoms with Gasteiger partial charge in [0.15, 0.2) is 0 Å². The summed E-state index contributed by atoms with van der Waals surface area (Å²) in [6.07, 6.45) is 10.3. The first-order valence-electron chi connectivity index (χ1n) is 9.25. The van der Waals surface area contributed by atoms with Crippen LogP contribution in [0.25, 0.3) is 16.7 Å². The monoisotopic (exact) mass is 360 g/mol. The molecule has 0 saturated heterocycles. The van der Waals surface area contributed by atoms with E-state index in [0.29, 0.717) is 5.56 Å². The Bertz CT molecular complexity index is 1130. The third kappa shape index (κ3) is 3.39. The zero-order valence-electron chi connectivity index (χ0n) is 15.7. The van der Waals surface area contributed by atoms with Gasteiger partial charge in [-0.2, -0.15) is 5.26 Å². The molecular weight excluding hydrogens is 340 g/mol. The second kappa shape index (κ2) is 7.82. The summed E-state index contributed by atoms with van der Waals surface area (Å²) in [4.78, 5) is 2.08. The number of hydrogen-bond donors (Lipinski definition) is 0. The minimum absolute atomic E-state index is 0.686. The highest BCUT2D eigenvalue weighted by atomic mass is 15.1. The van der Waals surface area contributed by atoms with Crippen molar-refractivity contribution in [2.75, 3.05) is 11.9 Å². The van der Waals surface area contributed by atoms with E-state index in [0.717, 1.165) is 16.8 Å². The molecule has 2 heteroatoms. The van der Waals surface area contributed by atoms with Gasteiger partial charge in [0, 0.05) is 18.9 Å². The van der Waals surface area contributed by atoms with E-state index in [1.54, 1.807) is 0 Å². The summed E-state index contributed by atoms with van der Waals surface area (Å²) in [7, 11) is 2.03. The van der Waals surface area contributed by atoms with Crippen molar-refractivity contribution in [2.45, 2.75) is 0 Å². The van der Waals surface area contributed by atoms with Crippen LogP contribution in [0.3, 0.4) is 0 Å². The normalized spacial score (nSPS) is 13.6. The maximum absolute atomic E-state index is 9.27. The number of allylic oxidation sites excluding steroid dienone is 4. The number of fused-ring (bicyclic) bond motifs is 3. The van der Waals surface area contributed by atoms with Gasteiger partial charge in [0.1, 0.15) is 0 Å². The molecule has 4 rings (SSSR count). The van der Waals surface area contributed by atoms with Gasteiger partial charge in [-0.05, 0) is 58.2 Å². The van der Waals surface area contributed by atoms with Crippen molar-refractivity contribution < 1.29 is 0 Å². The van der Waals surface area contributed by atoms with Crippen LogP contribution in [0.4, 0.5) is 5.69 Å². The van der Waals surface area contributed by atoms with Crippen molar-refractivity contribution in [1.82, 2.24) is 0 Å². The van der Waals surface area contributed by atoms with Crippen molar-refractivity contribution >= 4 is 11.3 Å². The Morgan fingerprint density at radius 3 is 2.25 bits per heavy atom. The lowest BCUT2D eigenvalue weighted by atomic mass is 10.0. The molecule has 0 amide bonds. The molecule has 0 atom stereocenters. The van der Waals surface area contributed by atoms with Gasteiger partial charge < -0.3 is 4.90 Å². The molecule has 2 nitrogen and oxygen atoms in total. The lowest BCUT2D eigenvalue weighted by Gasteiger charge is -2.12. The highest BCUT2D eigenvalue weighted by Crippen LogP contribution is 2.44. The van der Waals surface area contributed by atoms with Gasteiger partial charge in [0.2, 0.25) is 0 Å². The van der Waals surface area contributed by atoms with Crippen LogP contribution in [0.5, 0.6) is 0 Å². The summed E-state index contributed by atoms with van der Waals surface area (Å²) < 4.78 is 0. The Labute approximate surface area is 166 Å². The van der Waals surface area contributed by atoms with Crippen LogP contribution in [0, 0.1) is 11.3 Å². The van der Waals surface area contributed by atoms with Crippen LogP contribution >= 0.6 is 0 Å². The Kier molecular flexibility index (Phi) is 4.91. The smallest absolute Gasteiger partial charge is 0.0991 e. The highest BCUT2D eigenvalue weighted by Gasteiger charge is 2.22. The number of nitriles is 1. The van der Waals surface area contributed by atoms with Gasteiger partial charge >= 0.3 is 0 Å². The van der Waals surface area contributed by atoms with Crippen molar-refractivity contribution in [3.63, 3.8) is 0 Å². The van der Waals surface area contributed by atoms with E-state index >= 15 is 0 Å². The molecule has 0 spiro atoms. The minimum atomic E-state index is 0.686. The number of para-hydroxylation sites is 1. The fourth-order valence-corrected chi connectivity index (χ4v) is 3.49. The predicted octanol–water partition coefficient (Wildman–Crippen LogP) is 6.18. The van der Waals surface area contributed by atoms with Gasteiger partial charge in [-0.25, -0.2) is 0 Å². The van der Waals surface area contributed by atoms with Crippen molar-refractivity contribution in [3.8, 4) is 17.2 Å². The second-order valence-corrected chi connectivity index (χ2v) is 6.67. The Hall–Kier alpha value is -3.83. The standard InChI is InChI=1S/C26H20N2/c1-28(21-10-4-2-5-11-21)17-9-3-6-12-24-22-13-7-8-14-23(22)25-16-15-20(19-27)18-26(24)25/h2-18H,1H3. The third-order valence-electron chi connectivity index (χ3n) is 4.90. The molecule has 3 aromatic carbocycles. The van der Waals surface area contributed by atoms with E-state index in [4.69, 9.17) is 0 Å². The topological polar surface area (TPSA) is 27.0 Å². The summed E-state index contributed by atoms with van der Waals surface area (Å²) >= 11 is 0. The SMILES string of the molecule is CN(C=CC=CC=C1c2ccccc2-c2ccc(C#N)cc21)c1ccccc1. The molecule has 0 aromatic heterocycles. The molecule has 0 unspecified atom stereocenters. The first-order chi connectivity index (χ1) is 13.8. The van der Waals surface area contributed by atoms with E-state index in [1.807, 2.05) is 61.8 Å². The van der Waals surface area contributed by atoms with Gasteiger partial charge in [-0.1, -0.05) is 66.8 Å². The fraction of sp³-hybridized carbons (Fsp3) is 0.0385. The molecular formula is C26H20N2. The summed E-state index contributed by atoms with van der Waals surface area (Å²) in [5.74, 6) is 0. The van der Waals surface area contributed by atoms with E-state index in [-0.39, 0.29) is 0 Å². The van der Waals surface area contributed by atoms with Crippen LogP contribution in [0.1, 0.15) is 16.7 Å². The first-order valence-corrected chi connectivity index (χ1v) is 9.25. The minimum Gasteiger partial charge on any atom is -0.351 e. The maximum atomic E-state index is 9.27. The van der Waals surface area contributed by atoms with Crippen LogP contribution in [-0.2, 0) is 0 Å². The molecule has 0 fully saturated rings. The molecule has 0 N–H and O–H groups in total. The van der Waals surface area contributed by atoms with Gasteiger partial charge in [0.25, 0.3) is 0 Å². The average molecular weight is 360 g/mol. The van der Waals surface area contributed by atoms with E-state index in [1.165, 1.54) is 16.7 Å². The molecule has 28 heavy (non-hydrogen) atoms. The molecule has 1 aliphatic rings. The predicted molar refractivity (Wildman–Crippen MR) is 117 cm³/mol. The Morgan fingerprint density at radius 2 is 1.46 bits per heavy atom. The zero-order chi connectivity index (χ0) is 19.3. The quantitative estimate of drug-likeness (QED) is 0.407. The molecule has 3 aromatic rings. The second-order valence-electron chi connectivity index (χ2n) is 6.67. The lowest BCUT2D eigenvalue weighted by Crippen LogP contribution is -2.06.